The van der Waals surface area contributed by atoms with Gasteiger partial charge in [-0.2, -0.15) is 10.4 Å². The van der Waals surface area contributed by atoms with Gasteiger partial charge in [-0.3, -0.25) is 4.68 Å². The molecule has 0 aliphatic carbocycles. The molecule has 116 valence electrons. The summed E-state index contributed by atoms with van der Waals surface area (Å²) < 4.78 is 8.75. The van der Waals surface area contributed by atoms with E-state index in [0.717, 1.165) is 10.9 Å². The molecule has 0 radical (unpaired) electrons. The first-order valence-corrected chi connectivity index (χ1v) is 7.39. The molecule has 23 heavy (non-hydrogen) atoms. The molecule has 3 aromatic rings. The zero-order valence-electron chi connectivity index (χ0n) is 12.4. The summed E-state index contributed by atoms with van der Waals surface area (Å²) in [5.41, 5.74) is 7.84. The lowest BCUT2D eigenvalue weighted by atomic mass is 10.2. The van der Waals surface area contributed by atoms with Crippen LogP contribution in [0.1, 0.15) is 16.1 Å². The zero-order chi connectivity index (χ0) is 16.7. The number of hydrogen-bond acceptors (Lipinski definition) is 5. The van der Waals surface area contributed by atoms with Gasteiger partial charge in [0, 0.05) is 18.6 Å². The third-order valence-corrected chi connectivity index (χ3v) is 4.19. The number of aromatic nitrogens is 3. The third kappa shape index (κ3) is 2.17. The number of aryl methyl sites for hydroxylation is 1. The van der Waals surface area contributed by atoms with Crippen molar-refractivity contribution in [2.75, 3.05) is 12.8 Å². The van der Waals surface area contributed by atoms with Crippen molar-refractivity contribution < 1.29 is 9.53 Å². The molecule has 0 saturated heterocycles. The van der Waals surface area contributed by atoms with Crippen LogP contribution in [0.15, 0.2) is 29.0 Å². The van der Waals surface area contributed by atoms with E-state index in [1.807, 2.05) is 24.3 Å². The Hall–Kier alpha value is -2.79. The number of ether oxygens (including phenoxy) is 1. The van der Waals surface area contributed by atoms with Gasteiger partial charge in [-0.1, -0.05) is 6.07 Å². The Morgan fingerprint density at radius 1 is 1.48 bits per heavy atom. The first-order valence-electron chi connectivity index (χ1n) is 6.60. The number of fused-ring (bicyclic) bond motifs is 1. The van der Waals surface area contributed by atoms with Gasteiger partial charge in [0.05, 0.1) is 29.6 Å². The zero-order valence-corrected chi connectivity index (χ0v) is 14.0. The van der Waals surface area contributed by atoms with E-state index in [4.69, 9.17) is 10.5 Å². The van der Waals surface area contributed by atoms with Gasteiger partial charge < -0.3 is 15.0 Å². The number of halogens is 1. The molecule has 7 nitrogen and oxygen atoms in total. The number of hydrogen-bond donors (Lipinski definition) is 1. The number of carbonyl (C=O) groups excluding carboxylic acids is 1. The molecule has 0 spiro atoms. The molecule has 8 heteroatoms. The molecule has 2 aromatic heterocycles. The topological polar surface area (TPSA) is 98.9 Å². The number of methoxy groups -OCH3 is 1. The molecule has 2 N–H and O–H groups in total. The SMILES string of the molecule is COC(=O)c1c(N)c(C#N)cn1-c1cccc2c(Br)nn(C)c12. The van der Waals surface area contributed by atoms with Crippen molar-refractivity contribution in [3.63, 3.8) is 0 Å². The number of esters is 1. The maximum atomic E-state index is 12.1. The van der Waals surface area contributed by atoms with E-state index >= 15 is 0 Å². The Morgan fingerprint density at radius 3 is 2.87 bits per heavy atom. The monoisotopic (exact) mass is 373 g/mol. The first-order chi connectivity index (χ1) is 11.0. The fourth-order valence-electron chi connectivity index (χ4n) is 2.57. The van der Waals surface area contributed by atoms with Gasteiger partial charge in [-0.05, 0) is 28.1 Å². The molecule has 0 aliphatic rings. The van der Waals surface area contributed by atoms with Gasteiger partial charge in [0.1, 0.15) is 10.7 Å². The van der Waals surface area contributed by atoms with E-state index in [0.29, 0.717) is 10.3 Å². The lowest BCUT2D eigenvalue weighted by Gasteiger charge is -2.10. The lowest BCUT2D eigenvalue weighted by molar-refractivity contribution is 0.0593. The fraction of sp³-hybridized carbons (Fsp3) is 0.133. The Balaban J connectivity index is 2.41. The highest BCUT2D eigenvalue weighted by Gasteiger charge is 2.23. The van der Waals surface area contributed by atoms with Crippen molar-refractivity contribution in [1.82, 2.24) is 14.3 Å². The van der Waals surface area contributed by atoms with Crippen LogP contribution in [0.2, 0.25) is 0 Å². The highest BCUT2D eigenvalue weighted by molar-refractivity contribution is 9.10. The Kier molecular flexibility index (Phi) is 3.58. The van der Waals surface area contributed by atoms with Crippen molar-refractivity contribution in [3.05, 3.63) is 40.3 Å². The summed E-state index contributed by atoms with van der Waals surface area (Å²) in [5.74, 6) is -0.609. The minimum absolute atomic E-state index is 0.0950. The van der Waals surface area contributed by atoms with Crippen LogP contribution >= 0.6 is 15.9 Å². The quantitative estimate of drug-likeness (QED) is 0.695. The van der Waals surface area contributed by atoms with E-state index < -0.39 is 5.97 Å². The van der Waals surface area contributed by atoms with Crippen LogP contribution in [-0.2, 0) is 11.8 Å². The van der Waals surface area contributed by atoms with E-state index in [2.05, 4.69) is 21.0 Å². The van der Waals surface area contributed by atoms with Crippen LogP contribution in [0.5, 0.6) is 0 Å². The van der Waals surface area contributed by atoms with Gasteiger partial charge in [0.15, 0.2) is 5.69 Å². The van der Waals surface area contributed by atoms with Crippen molar-refractivity contribution >= 4 is 38.5 Å². The van der Waals surface area contributed by atoms with E-state index in [1.165, 1.54) is 13.3 Å². The van der Waals surface area contributed by atoms with Crippen LogP contribution in [0, 0.1) is 11.3 Å². The maximum Gasteiger partial charge on any atom is 0.357 e. The molecule has 0 atom stereocenters. The van der Waals surface area contributed by atoms with Gasteiger partial charge in [0.25, 0.3) is 0 Å². The molecular weight excluding hydrogens is 362 g/mol. The summed E-state index contributed by atoms with van der Waals surface area (Å²) in [4.78, 5) is 12.1. The molecular formula is C15H12BrN5O2. The second kappa shape index (κ2) is 5.44. The fourth-order valence-corrected chi connectivity index (χ4v) is 3.13. The third-order valence-electron chi connectivity index (χ3n) is 3.60. The number of anilines is 1. The lowest BCUT2D eigenvalue weighted by Crippen LogP contribution is -2.11. The van der Waals surface area contributed by atoms with Crippen molar-refractivity contribution in [1.29, 1.82) is 5.26 Å². The first kappa shape index (κ1) is 15.1. The Labute approximate surface area is 140 Å². The largest absolute Gasteiger partial charge is 0.464 e. The van der Waals surface area contributed by atoms with E-state index in [1.54, 1.807) is 16.3 Å². The predicted molar refractivity (Wildman–Crippen MR) is 88.2 cm³/mol. The van der Waals surface area contributed by atoms with Gasteiger partial charge in [-0.25, -0.2) is 4.79 Å². The highest BCUT2D eigenvalue weighted by atomic mass is 79.9. The number of nitrogen functional groups attached to an aromatic ring is 1. The number of nitrogens with two attached hydrogens (primary N) is 1. The van der Waals surface area contributed by atoms with Crippen molar-refractivity contribution in [2.24, 2.45) is 7.05 Å². The maximum absolute atomic E-state index is 12.1. The standard InChI is InChI=1S/C15H12BrN5O2/c1-20-12-9(14(16)19-20)4-3-5-10(12)21-7-8(6-17)11(18)13(21)15(22)23-2/h3-5,7H,18H2,1-2H3. The van der Waals surface area contributed by atoms with Gasteiger partial charge >= 0.3 is 5.97 Å². The molecule has 0 fully saturated rings. The van der Waals surface area contributed by atoms with Crippen LogP contribution in [0.4, 0.5) is 5.69 Å². The number of nitriles is 1. The molecule has 0 saturated carbocycles. The van der Waals surface area contributed by atoms with Crippen LogP contribution < -0.4 is 5.73 Å². The average molecular weight is 374 g/mol. The minimum atomic E-state index is -0.609. The second-order valence-corrected chi connectivity index (χ2v) is 5.62. The smallest absolute Gasteiger partial charge is 0.357 e. The Morgan fingerprint density at radius 2 is 2.22 bits per heavy atom. The molecule has 0 aliphatic heterocycles. The molecule has 1 aromatic carbocycles. The van der Waals surface area contributed by atoms with Crippen molar-refractivity contribution in [3.8, 4) is 11.8 Å². The number of benzene rings is 1. The molecule has 0 bridgehead atoms. The molecule has 0 amide bonds. The molecule has 0 unspecified atom stereocenters. The van der Waals surface area contributed by atoms with E-state index in [9.17, 15) is 10.1 Å². The summed E-state index contributed by atoms with van der Waals surface area (Å²) in [6.07, 6.45) is 1.53. The summed E-state index contributed by atoms with van der Waals surface area (Å²) >= 11 is 3.41. The highest BCUT2D eigenvalue weighted by Crippen LogP contribution is 2.31. The van der Waals surface area contributed by atoms with Crippen LogP contribution in [0.25, 0.3) is 16.6 Å². The minimum Gasteiger partial charge on any atom is -0.464 e. The summed E-state index contributed by atoms with van der Waals surface area (Å²) in [6.45, 7) is 0. The van der Waals surface area contributed by atoms with Crippen LogP contribution in [0.3, 0.4) is 0 Å². The molecule has 2 heterocycles. The van der Waals surface area contributed by atoms with Crippen molar-refractivity contribution in [2.45, 2.75) is 0 Å². The average Bonchev–Trinajstić information content (AvgIpc) is 3.04. The summed E-state index contributed by atoms with van der Waals surface area (Å²) in [6, 6.07) is 7.56. The molecule has 3 rings (SSSR count). The predicted octanol–water partition coefficient (Wildman–Crippen LogP) is 2.37. The summed E-state index contributed by atoms with van der Waals surface area (Å²) in [7, 11) is 3.07. The number of rotatable bonds is 2. The normalized spacial score (nSPS) is 10.7. The number of para-hydroxylation sites is 1. The summed E-state index contributed by atoms with van der Waals surface area (Å²) in [5, 5.41) is 14.4. The Bertz CT molecular complexity index is 980. The number of nitrogens with zero attached hydrogens (tertiary/aromatic N) is 4. The van der Waals surface area contributed by atoms with Gasteiger partial charge in [0.2, 0.25) is 0 Å². The van der Waals surface area contributed by atoms with E-state index in [-0.39, 0.29) is 16.9 Å². The van der Waals surface area contributed by atoms with Gasteiger partial charge in [-0.15, -0.1) is 0 Å². The second-order valence-electron chi connectivity index (χ2n) is 4.87. The number of carbonyl (C=O) groups is 1. The van der Waals surface area contributed by atoms with Crippen LogP contribution in [-0.4, -0.2) is 27.4 Å².